The molecule has 2 N–H and O–H groups in total. The van der Waals surface area contributed by atoms with E-state index in [0.29, 0.717) is 5.92 Å². The summed E-state index contributed by atoms with van der Waals surface area (Å²) in [5, 5.41) is 20.7. The molecule has 0 atom stereocenters. The maximum absolute atomic E-state index is 9.02. The smallest absolute Gasteiger partial charge is 0.205 e. The minimum atomic E-state index is -0.0637. The molecule has 0 radical (unpaired) electrons. The number of aromatic nitrogens is 2. The minimum absolute atomic E-state index is 0.0637. The van der Waals surface area contributed by atoms with E-state index < -0.39 is 0 Å². The van der Waals surface area contributed by atoms with Crippen LogP contribution in [0.5, 0.6) is 0 Å². The van der Waals surface area contributed by atoms with Gasteiger partial charge in [0, 0.05) is 6.54 Å². The lowest BCUT2D eigenvalue weighted by Gasteiger charge is -2.31. The monoisotopic (exact) mass is 185 g/mol. The molecule has 1 saturated carbocycles. The number of hydrogen-bond donors (Lipinski definition) is 2. The van der Waals surface area contributed by atoms with Crippen molar-refractivity contribution in [3.8, 4) is 0 Å². The maximum Gasteiger partial charge on any atom is 0.205 e. The molecule has 0 aliphatic heterocycles. The summed E-state index contributed by atoms with van der Waals surface area (Å²) in [7, 11) is 0. The van der Waals surface area contributed by atoms with Crippen molar-refractivity contribution in [3.05, 3.63) is 5.51 Å². The number of nitrogens with one attached hydrogen (secondary N) is 1. The lowest BCUT2D eigenvalue weighted by Crippen LogP contribution is -2.33. The first-order valence-corrected chi connectivity index (χ1v) is 4.90. The van der Waals surface area contributed by atoms with Gasteiger partial charge in [0.2, 0.25) is 5.13 Å². The third-order valence-electron chi connectivity index (χ3n) is 2.11. The molecular formula is C7H11N3OS. The lowest BCUT2D eigenvalue weighted by molar-refractivity contribution is 0.0487. The summed E-state index contributed by atoms with van der Waals surface area (Å²) in [5.74, 6) is 0.615. The second-order valence-electron chi connectivity index (χ2n) is 3.12. The molecule has 0 spiro atoms. The first kappa shape index (κ1) is 7.94. The fourth-order valence-corrected chi connectivity index (χ4v) is 1.80. The molecule has 0 saturated heterocycles. The molecule has 1 fully saturated rings. The van der Waals surface area contributed by atoms with E-state index in [1.54, 1.807) is 5.51 Å². The summed E-state index contributed by atoms with van der Waals surface area (Å²) in [6.07, 6.45) is 1.78. The third kappa shape index (κ3) is 1.73. The van der Waals surface area contributed by atoms with Crippen molar-refractivity contribution in [2.45, 2.75) is 18.9 Å². The van der Waals surface area contributed by atoms with Crippen LogP contribution in [0.25, 0.3) is 0 Å². The Hall–Kier alpha value is -0.680. The summed E-state index contributed by atoms with van der Waals surface area (Å²) >= 11 is 1.50. The predicted molar refractivity (Wildman–Crippen MR) is 47.1 cm³/mol. The molecule has 1 aliphatic carbocycles. The van der Waals surface area contributed by atoms with Crippen LogP contribution in [-0.4, -0.2) is 28.0 Å². The standard InChI is InChI=1S/C7H11N3OS/c11-6-1-5(2-6)3-8-7-10-9-4-12-7/h4-6,11H,1-3H2,(H,8,10). The molecule has 0 aromatic carbocycles. The zero-order valence-corrected chi connectivity index (χ0v) is 7.42. The van der Waals surface area contributed by atoms with Gasteiger partial charge in [0.15, 0.2) is 0 Å². The highest BCUT2D eigenvalue weighted by Crippen LogP contribution is 2.27. The predicted octanol–water partition coefficient (Wildman–Crippen LogP) is 0.721. The lowest BCUT2D eigenvalue weighted by atomic mass is 9.82. The van der Waals surface area contributed by atoms with Gasteiger partial charge in [0.25, 0.3) is 0 Å². The van der Waals surface area contributed by atoms with E-state index in [1.165, 1.54) is 11.3 Å². The van der Waals surface area contributed by atoms with Crippen LogP contribution in [0.15, 0.2) is 5.51 Å². The molecule has 5 heteroatoms. The largest absolute Gasteiger partial charge is 0.393 e. The Morgan fingerprint density at radius 3 is 3.08 bits per heavy atom. The zero-order valence-electron chi connectivity index (χ0n) is 6.60. The van der Waals surface area contributed by atoms with Crippen LogP contribution in [0.3, 0.4) is 0 Å². The quantitative estimate of drug-likeness (QED) is 0.728. The van der Waals surface area contributed by atoms with Crippen molar-refractivity contribution >= 4 is 16.5 Å². The zero-order chi connectivity index (χ0) is 8.39. The Bertz CT molecular complexity index is 233. The van der Waals surface area contributed by atoms with E-state index in [-0.39, 0.29) is 6.10 Å². The number of nitrogens with zero attached hydrogens (tertiary/aromatic N) is 2. The summed E-state index contributed by atoms with van der Waals surface area (Å²) in [6, 6.07) is 0. The normalized spacial score (nSPS) is 28.1. The molecule has 1 heterocycles. The summed E-state index contributed by atoms with van der Waals surface area (Å²) < 4.78 is 0. The Kier molecular flexibility index (Phi) is 2.23. The number of rotatable bonds is 3. The van der Waals surface area contributed by atoms with Crippen LogP contribution in [0.2, 0.25) is 0 Å². The Labute approximate surface area is 74.6 Å². The van der Waals surface area contributed by atoms with Gasteiger partial charge in [0.05, 0.1) is 6.10 Å². The molecule has 0 unspecified atom stereocenters. The third-order valence-corrected chi connectivity index (χ3v) is 2.76. The van der Waals surface area contributed by atoms with Crippen LogP contribution in [-0.2, 0) is 0 Å². The maximum atomic E-state index is 9.02. The molecular weight excluding hydrogens is 174 g/mol. The summed E-state index contributed by atoms with van der Waals surface area (Å²) in [6.45, 7) is 0.909. The first-order valence-electron chi connectivity index (χ1n) is 4.02. The van der Waals surface area contributed by atoms with Gasteiger partial charge in [-0.1, -0.05) is 11.3 Å². The number of anilines is 1. The molecule has 12 heavy (non-hydrogen) atoms. The summed E-state index contributed by atoms with van der Waals surface area (Å²) in [4.78, 5) is 0. The van der Waals surface area contributed by atoms with Crippen molar-refractivity contribution in [2.24, 2.45) is 5.92 Å². The van der Waals surface area contributed by atoms with Crippen LogP contribution < -0.4 is 5.32 Å². The molecule has 1 aromatic heterocycles. The van der Waals surface area contributed by atoms with Gasteiger partial charge in [-0.05, 0) is 18.8 Å². The van der Waals surface area contributed by atoms with E-state index in [1.807, 2.05) is 0 Å². The second kappa shape index (κ2) is 3.37. The molecule has 0 bridgehead atoms. The number of hydrogen-bond acceptors (Lipinski definition) is 5. The van der Waals surface area contributed by atoms with Crippen molar-refractivity contribution in [3.63, 3.8) is 0 Å². The summed E-state index contributed by atoms with van der Waals surface area (Å²) in [5.41, 5.74) is 1.71. The minimum Gasteiger partial charge on any atom is -0.393 e. The Morgan fingerprint density at radius 1 is 1.67 bits per heavy atom. The van der Waals surface area contributed by atoms with Crippen LogP contribution in [0, 0.1) is 5.92 Å². The first-order chi connectivity index (χ1) is 5.84. The Morgan fingerprint density at radius 2 is 2.50 bits per heavy atom. The van der Waals surface area contributed by atoms with Crippen molar-refractivity contribution in [1.82, 2.24) is 10.2 Å². The second-order valence-corrected chi connectivity index (χ2v) is 3.95. The van der Waals surface area contributed by atoms with E-state index in [9.17, 15) is 0 Å². The van der Waals surface area contributed by atoms with E-state index in [2.05, 4.69) is 15.5 Å². The molecule has 1 aromatic rings. The highest BCUT2D eigenvalue weighted by Gasteiger charge is 2.26. The fourth-order valence-electron chi connectivity index (χ4n) is 1.35. The average molecular weight is 185 g/mol. The topological polar surface area (TPSA) is 58.0 Å². The van der Waals surface area contributed by atoms with Gasteiger partial charge in [0.1, 0.15) is 5.51 Å². The molecule has 4 nitrogen and oxygen atoms in total. The SMILES string of the molecule is OC1CC(CNc2nncs2)C1. The highest BCUT2D eigenvalue weighted by atomic mass is 32.1. The van der Waals surface area contributed by atoms with E-state index in [0.717, 1.165) is 24.5 Å². The molecule has 1 aliphatic rings. The van der Waals surface area contributed by atoms with Crippen molar-refractivity contribution in [2.75, 3.05) is 11.9 Å². The van der Waals surface area contributed by atoms with Gasteiger partial charge < -0.3 is 10.4 Å². The van der Waals surface area contributed by atoms with Crippen molar-refractivity contribution < 1.29 is 5.11 Å². The van der Waals surface area contributed by atoms with Crippen LogP contribution in [0.4, 0.5) is 5.13 Å². The van der Waals surface area contributed by atoms with Gasteiger partial charge in [-0.25, -0.2) is 0 Å². The van der Waals surface area contributed by atoms with Crippen molar-refractivity contribution in [1.29, 1.82) is 0 Å². The van der Waals surface area contributed by atoms with Gasteiger partial charge >= 0.3 is 0 Å². The van der Waals surface area contributed by atoms with Crippen LogP contribution in [0.1, 0.15) is 12.8 Å². The highest BCUT2D eigenvalue weighted by molar-refractivity contribution is 7.13. The fraction of sp³-hybridized carbons (Fsp3) is 0.714. The van der Waals surface area contributed by atoms with Gasteiger partial charge in [-0.3, -0.25) is 0 Å². The van der Waals surface area contributed by atoms with E-state index >= 15 is 0 Å². The van der Waals surface area contributed by atoms with E-state index in [4.69, 9.17) is 5.11 Å². The van der Waals surface area contributed by atoms with Gasteiger partial charge in [-0.15, -0.1) is 10.2 Å². The average Bonchev–Trinajstić information content (AvgIpc) is 2.47. The number of aliphatic hydroxyl groups excluding tert-OH is 1. The molecule has 2 rings (SSSR count). The molecule has 0 amide bonds. The van der Waals surface area contributed by atoms with Gasteiger partial charge in [-0.2, -0.15) is 0 Å². The number of aliphatic hydroxyl groups is 1. The van der Waals surface area contributed by atoms with Crippen LogP contribution >= 0.6 is 11.3 Å². The molecule has 66 valence electrons. The Balaban J connectivity index is 1.70.